The number of H-pyrrole nitrogens is 1. The first-order chi connectivity index (χ1) is 10.7. The third kappa shape index (κ3) is 3.74. The van der Waals surface area contributed by atoms with Gasteiger partial charge in [0.05, 0.1) is 5.69 Å². The average molecular weight is 390 g/mol. The number of benzene rings is 1. The van der Waals surface area contributed by atoms with Gasteiger partial charge < -0.3 is 5.32 Å². The molecule has 1 atom stereocenters. The first-order valence-corrected chi connectivity index (χ1v) is 7.66. The van der Waals surface area contributed by atoms with Crippen molar-refractivity contribution in [3.63, 3.8) is 0 Å². The zero-order valence-corrected chi connectivity index (χ0v) is 14.0. The minimum Gasteiger partial charge on any atom is -0.341 e. The second kappa shape index (κ2) is 6.35. The van der Waals surface area contributed by atoms with Crippen LogP contribution < -0.4 is 5.32 Å². The Kier molecular flexibility index (Phi) is 4.84. The molecule has 1 amide bonds. The van der Waals surface area contributed by atoms with E-state index in [0.717, 1.165) is 10.5 Å². The molecule has 0 saturated carbocycles. The molecule has 0 aliphatic heterocycles. The summed E-state index contributed by atoms with van der Waals surface area (Å²) < 4.78 is 39.2. The van der Waals surface area contributed by atoms with Gasteiger partial charge in [-0.25, -0.2) is 0 Å². The molecule has 2 rings (SSSR count). The molecular weight excluding hydrogens is 375 g/mol. The van der Waals surface area contributed by atoms with Crippen molar-refractivity contribution in [3.05, 3.63) is 51.8 Å². The molecule has 2 aromatic rings. The molecule has 0 bridgehead atoms. The third-order valence-electron chi connectivity index (χ3n) is 3.52. The van der Waals surface area contributed by atoms with Crippen molar-refractivity contribution >= 4 is 21.8 Å². The Morgan fingerprint density at radius 2 is 2.04 bits per heavy atom. The van der Waals surface area contributed by atoms with Crippen molar-refractivity contribution in [1.82, 2.24) is 15.5 Å². The highest BCUT2D eigenvalue weighted by molar-refractivity contribution is 9.10. The molecule has 0 fully saturated rings. The van der Waals surface area contributed by atoms with Crippen molar-refractivity contribution in [2.45, 2.75) is 32.0 Å². The minimum absolute atomic E-state index is 0.157. The van der Waals surface area contributed by atoms with Gasteiger partial charge in [-0.15, -0.1) is 0 Å². The molecule has 1 heterocycles. The maximum absolute atomic E-state index is 12.8. The van der Waals surface area contributed by atoms with Crippen LogP contribution in [0.5, 0.6) is 0 Å². The number of alkyl halides is 3. The molecular formula is C15H15BrF3N3O. The standard InChI is InChI=1S/C15H15BrF3N3O/c1-3-13(23)20-14(2,9-5-4-6-10(16)7-9)11-8-12(22-21-11)15(17,18)19/h4-8H,3H2,1-2H3,(H,20,23)(H,21,22). The van der Waals surface area contributed by atoms with E-state index < -0.39 is 17.4 Å². The smallest absolute Gasteiger partial charge is 0.341 e. The topological polar surface area (TPSA) is 57.8 Å². The number of amides is 1. The Labute approximate surface area is 139 Å². The number of halogens is 4. The van der Waals surface area contributed by atoms with Gasteiger partial charge >= 0.3 is 6.18 Å². The van der Waals surface area contributed by atoms with Crippen molar-refractivity contribution < 1.29 is 18.0 Å². The van der Waals surface area contributed by atoms with E-state index in [1.807, 2.05) is 0 Å². The van der Waals surface area contributed by atoms with Crippen LogP contribution in [0, 0.1) is 0 Å². The fraction of sp³-hybridized carbons (Fsp3) is 0.333. The molecule has 0 spiro atoms. The van der Waals surface area contributed by atoms with E-state index in [0.29, 0.717) is 5.56 Å². The zero-order valence-electron chi connectivity index (χ0n) is 12.5. The van der Waals surface area contributed by atoms with E-state index in [2.05, 4.69) is 31.4 Å². The van der Waals surface area contributed by atoms with Gasteiger partial charge in [0.25, 0.3) is 0 Å². The molecule has 1 aromatic carbocycles. The summed E-state index contributed by atoms with van der Waals surface area (Å²) in [5.41, 5.74) is -1.40. The van der Waals surface area contributed by atoms with Crippen LogP contribution >= 0.6 is 15.9 Å². The Bertz CT molecular complexity index is 714. The second-order valence-electron chi connectivity index (χ2n) is 5.20. The summed E-state index contributed by atoms with van der Waals surface area (Å²) >= 11 is 3.33. The third-order valence-corrected chi connectivity index (χ3v) is 4.01. The maximum Gasteiger partial charge on any atom is 0.435 e. The largest absolute Gasteiger partial charge is 0.435 e. The molecule has 124 valence electrons. The quantitative estimate of drug-likeness (QED) is 0.830. The average Bonchev–Trinajstić information content (AvgIpc) is 2.97. The van der Waals surface area contributed by atoms with Gasteiger partial charge in [0.1, 0.15) is 5.54 Å². The molecule has 2 N–H and O–H groups in total. The predicted molar refractivity (Wildman–Crippen MR) is 82.6 cm³/mol. The summed E-state index contributed by atoms with van der Waals surface area (Å²) in [6.07, 6.45) is -4.34. The minimum atomic E-state index is -4.55. The van der Waals surface area contributed by atoms with Crippen LogP contribution in [-0.2, 0) is 16.5 Å². The van der Waals surface area contributed by atoms with Crippen LogP contribution in [0.25, 0.3) is 0 Å². The number of aromatic nitrogens is 2. The number of nitrogens with one attached hydrogen (secondary N) is 2. The molecule has 0 radical (unpaired) electrons. The summed E-state index contributed by atoms with van der Waals surface area (Å²) in [6.45, 7) is 3.31. The Balaban J connectivity index is 2.53. The molecule has 0 aliphatic rings. The molecule has 4 nitrogen and oxygen atoms in total. The lowest BCUT2D eigenvalue weighted by Crippen LogP contribution is -2.44. The summed E-state index contributed by atoms with van der Waals surface area (Å²) in [7, 11) is 0. The number of carbonyl (C=O) groups excluding carboxylic acids is 1. The highest BCUT2D eigenvalue weighted by atomic mass is 79.9. The first kappa shape index (κ1) is 17.5. The first-order valence-electron chi connectivity index (χ1n) is 6.87. The highest BCUT2D eigenvalue weighted by Gasteiger charge is 2.38. The lowest BCUT2D eigenvalue weighted by molar-refractivity contribution is -0.141. The predicted octanol–water partition coefficient (Wildman–Crippen LogP) is 3.98. The number of aromatic amines is 1. The van der Waals surface area contributed by atoms with Crippen molar-refractivity contribution in [2.75, 3.05) is 0 Å². The SMILES string of the molecule is CCC(=O)NC(C)(c1cccc(Br)c1)c1cc(C(F)(F)F)n[nH]1. The molecule has 0 saturated heterocycles. The van der Waals surface area contributed by atoms with E-state index in [4.69, 9.17) is 0 Å². The summed E-state index contributed by atoms with van der Waals surface area (Å²) in [5.74, 6) is -0.282. The maximum atomic E-state index is 12.8. The van der Waals surface area contributed by atoms with Gasteiger partial charge in [0, 0.05) is 10.9 Å². The van der Waals surface area contributed by atoms with Gasteiger partial charge in [-0.1, -0.05) is 35.0 Å². The van der Waals surface area contributed by atoms with Crippen LogP contribution in [-0.4, -0.2) is 16.1 Å². The molecule has 23 heavy (non-hydrogen) atoms. The lowest BCUT2D eigenvalue weighted by Gasteiger charge is -2.30. The highest BCUT2D eigenvalue weighted by Crippen LogP contribution is 2.34. The summed E-state index contributed by atoms with van der Waals surface area (Å²) in [6, 6.07) is 7.92. The number of hydrogen-bond donors (Lipinski definition) is 2. The molecule has 1 unspecified atom stereocenters. The van der Waals surface area contributed by atoms with Crippen LogP contribution in [0.1, 0.15) is 37.2 Å². The van der Waals surface area contributed by atoms with Crippen molar-refractivity contribution in [2.24, 2.45) is 0 Å². The van der Waals surface area contributed by atoms with Crippen LogP contribution in [0.4, 0.5) is 13.2 Å². The molecule has 8 heteroatoms. The van der Waals surface area contributed by atoms with Crippen LogP contribution in [0.2, 0.25) is 0 Å². The molecule has 1 aromatic heterocycles. The normalized spacial score (nSPS) is 14.3. The van der Waals surface area contributed by atoms with E-state index >= 15 is 0 Å². The van der Waals surface area contributed by atoms with Gasteiger partial charge in [-0.05, 0) is 30.7 Å². The monoisotopic (exact) mass is 389 g/mol. The van der Waals surface area contributed by atoms with Gasteiger partial charge in [-0.2, -0.15) is 18.3 Å². The van der Waals surface area contributed by atoms with E-state index in [1.54, 1.807) is 38.1 Å². The number of hydrogen-bond acceptors (Lipinski definition) is 2. The zero-order chi connectivity index (χ0) is 17.3. The summed E-state index contributed by atoms with van der Waals surface area (Å²) in [4.78, 5) is 11.9. The molecule has 0 aliphatic carbocycles. The number of rotatable bonds is 4. The Morgan fingerprint density at radius 1 is 1.35 bits per heavy atom. The number of nitrogens with zero attached hydrogens (tertiary/aromatic N) is 1. The van der Waals surface area contributed by atoms with Crippen LogP contribution in [0.15, 0.2) is 34.8 Å². The van der Waals surface area contributed by atoms with Crippen molar-refractivity contribution in [3.8, 4) is 0 Å². The van der Waals surface area contributed by atoms with Gasteiger partial charge in [0.2, 0.25) is 5.91 Å². The van der Waals surface area contributed by atoms with Gasteiger partial charge in [0.15, 0.2) is 5.69 Å². The lowest BCUT2D eigenvalue weighted by atomic mass is 9.88. The fourth-order valence-electron chi connectivity index (χ4n) is 2.18. The Hall–Kier alpha value is -1.83. The van der Waals surface area contributed by atoms with E-state index in [9.17, 15) is 18.0 Å². The summed E-state index contributed by atoms with van der Waals surface area (Å²) in [5, 5.41) is 8.49. The Morgan fingerprint density at radius 3 is 2.57 bits per heavy atom. The fourth-order valence-corrected chi connectivity index (χ4v) is 2.58. The number of carbonyl (C=O) groups is 1. The second-order valence-corrected chi connectivity index (χ2v) is 6.12. The van der Waals surface area contributed by atoms with Crippen LogP contribution in [0.3, 0.4) is 0 Å². The van der Waals surface area contributed by atoms with Crippen molar-refractivity contribution in [1.29, 1.82) is 0 Å². The van der Waals surface area contributed by atoms with Gasteiger partial charge in [-0.3, -0.25) is 9.89 Å². The van der Waals surface area contributed by atoms with E-state index in [-0.39, 0.29) is 18.0 Å². The van der Waals surface area contributed by atoms with E-state index in [1.165, 1.54) is 0 Å².